The van der Waals surface area contributed by atoms with Crippen LogP contribution >= 0.6 is 0 Å². The molecule has 134 valence electrons. The van der Waals surface area contributed by atoms with E-state index in [0.717, 1.165) is 23.2 Å². The summed E-state index contributed by atoms with van der Waals surface area (Å²) in [4.78, 5) is 0. The summed E-state index contributed by atoms with van der Waals surface area (Å²) in [5.41, 5.74) is 3.33. The summed E-state index contributed by atoms with van der Waals surface area (Å²) in [6.45, 7) is 3.85. The van der Waals surface area contributed by atoms with E-state index in [4.69, 9.17) is 9.84 Å². The van der Waals surface area contributed by atoms with Gasteiger partial charge in [-0.3, -0.25) is 4.68 Å². The predicted octanol–water partition coefficient (Wildman–Crippen LogP) is 4.44. The Bertz CT molecular complexity index is 823. The smallest absolute Gasteiger partial charge is 0.241 e. The molecule has 1 N–H and O–H groups in total. The second-order valence-electron chi connectivity index (χ2n) is 6.91. The number of aromatic nitrogens is 2. The van der Waals surface area contributed by atoms with Crippen molar-refractivity contribution in [3.05, 3.63) is 72.4 Å². The molecule has 0 saturated carbocycles. The lowest BCUT2D eigenvalue weighted by molar-refractivity contribution is 0.283. The zero-order valence-electron chi connectivity index (χ0n) is 15.1. The molecule has 1 saturated heterocycles. The van der Waals surface area contributed by atoms with Crippen molar-refractivity contribution in [2.75, 3.05) is 6.54 Å². The molecule has 3 aromatic rings. The van der Waals surface area contributed by atoms with Gasteiger partial charge in [0.2, 0.25) is 5.88 Å². The van der Waals surface area contributed by atoms with Gasteiger partial charge in [0.05, 0.1) is 11.6 Å². The first kappa shape index (κ1) is 16.9. The summed E-state index contributed by atoms with van der Waals surface area (Å²) < 4.78 is 8.18. The van der Waals surface area contributed by atoms with Gasteiger partial charge in [-0.25, -0.2) is 0 Å². The second-order valence-corrected chi connectivity index (χ2v) is 6.91. The van der Waals surface area contributed by atoms with Gasteiger partial charge in [0, 0.05) is 12.2 Å². The minimum absolute atomic E-state index is 0.300. The first-order valence-corrected chi connectivity index (χ1v) is 9.36. The average Bonchev–Trinajstić information content (AvgIpc) is 3.37. The van der Waals surface area contributed by atoms with Crippen LogP contribution in [0.4, 0.5) is 0 Å². The zero-order chi connectivity index (χ0) is 17.8. The molecule has 2 heterocycles. The first-order chi connectivity index (χ1) is 12.8. The molecule has 1 aliphatic heterocycles. The zero-order valence-corrected chi connectivity index (χ0v) is 15.1. The number of nitrogens with zero attached hydrogens (tertiary/aromatic N) is 2. The standard InChI is InChI=1S/C22H25N3O/c1-17(21-13-8-14-23-21)25-15-20(19-11-6-3-7-12-19)22(24-25)26-16-18-9-4-2-5-10-18/h2-7,9-12,15,17,21,23H,8,13-14,16H2,1H3/t17?,21-/m1/s1. The molecule has 0 radical (unpaired) electrons. The van der Waals surface area contributed by atoms with Crippen molar-refractivity contribution in [2.24, 2.45) is 0 Å². The van der Waals surface area contributed by atoms with Crippen LogP contribution in [0.5, 0.6) is 5.88 Å². The van der Waals surface area contributed by atoms with Crippen molar-refractivity contribution in [1.82, 2.24) is 15.1 Å². The van der Waals surface area contributed by atoms with Crippen LogP contribution in [-0.2, 0) is 6.61 Å². The Labute approximate surface area is 154 Å². The van der Waals surface area contributed by atoms with Gasteiger partial charge < -0.3 is 10.1 Å². The lowest BCUT2D eigenvalue weighted by Crippen LogP contribution is -2.31. The van der Waals surface area contributed by atoms with Crippen LogP contribution in [0.25, 0.3) is 11.1 Å². The summed E-state index contributed by atoms with van der Waals surface area (Å²) >= 11 is 0. The Hall–Kier alpha value is -2.59. The van der Waals surface area contributed by atoms with Gasteiger partial charge >= 0.3 is 0 Å². The van der Waals surface area contributed by atoms with E-state index >= 15 is 0 Å². The van der Waals surface area contributed by atoms with Crippen molar-refractivity contribution >= 4 is 0 Å². The van der Waals surface area contributed by atoms with Crippen molar-refractivity contribution in [3.63, 3.8) is 0 Å². The minimum Gasteiger partial charge on any atom is -0.471 e. The fraction of sp³-hybridized carbons (Fsp3) is 0.318. The minimum atomic E-state index is 0.300. The van der Waals surface area contributed by atoms with E-state index in [1.54, 1.807) is 0 Å². The van der Waals surface area contributed by atoms with Gasteiger partial charge in [0.25, 0.3) is 0 Å². The van der Waals surface area contributed by atoms with Gasteiger partial charge in [0.1, 0.15) is 6.61 Å². The van der Waals surface area contributed by atoms with E-state index in [-0.39, 0.29) is 0 Å². The molecule has 4 heteroatoms. The maximum Gasteiger partial charge on any atom is 0.241 e. The number of rotatable bonds is 6. The average molecular weight is 347 g/mol. The maximum absolute atomic E-state index is 6.12. The van der Waals surface area contributed by atoms with Crippen molar-refractivity contribution in [1.29, 1.82) is 0 Å². The van der Waals surface area contributed by atoms with Crippen LogP contribution < -0.4 is 10.1 Å². The van der Waals surface area contributed by atoms with Crippen LogP contribution in [0, 0.1) is 0 Å². The summed E-state index contributed by atoms with van der Waals surface area (Å²) in [6, 6.07) is 21.3. The maximum atomic E-state index is 6.12. The number of nitrogens with one attached hydrogen (secondary N) is 1. The van der Waals surface area contributed by atoms with E-state index in [2.05, 4.69) is 59.5 Å². The largest absolute Gasteiger partial charge is 0.471 e. The molecule has 1 aromatic heterocycles. The van der Waals surface area contributed by atoms with Gasteiger partial charge in [0.15, 0.2) is 0 Å². The van der Waals surface area contributed by atoms with Crippen LogP contribution in [0.15, 0.2) is 66.9 Å². The second kappa shape index (κ2) is 7.75. The summed E-state index contributed by atoms with van der Waals surface area (Å²) in [6.07, 6.45) is 4.56. The molecule has 0 amide bonds. The fourth-order valence-corrected chi connectivity index (χ4v) is 3.54. The lowest BCUT2D eigenvalue weighted by atomic mass is 10.1. The molecule has 26 heavy (non-hydrogen) atoms. The van der Waals surface area contributed by atoms with Gasteiger partial charge in [-0.2, -0.15) is 0 Å². The third-order valence-electron chi connectivity index (χ3n) is 5.10. The van der Waals surface area contributed by atoms with E-state index in [1.165, 1.54) is 12.8 Å². The molecule has 0 bridgehead atoms. The Morgan fingerprint density at radius 1 is 1.12 bits per heavy atom. The third kappa shape index (κ3) is 3.65. The molecule has 4 rings (SSSR count). The van der Waals surface area contributed by atoms with Gasteiger partial charge in [-0.15, -0.1) is 5.10 Å². The first-order valence-electron chi connectivity index (χ1n) is 9.36. The Morgan fingerprint density at radius 3 is 2.54 bits per heavy atom. The highest BCUT2D eigenvalue weighted by molar-refractivity contribution is 5.67. The van der Waals surface area contributed by atoms with Crippen molar-refractivity contribution in [3.8, 4) is 17.0 Å². The molecular weight excluding hydrogens is 322 g/mol. The summed E-state index contributed by atoms with van der Waals surface area (Å²) in [7, 11) is 0. The molecular formula is C22H25N3O. The van der Waals surface area contributed by atoms with Gasteiger partial charge in [-0.1, -0.05) is 60.7 Å². The third-order valence-corrected chi connectivity index (χ3v) is 5.10. The van der Waals surface area contributed by atoms with E-state index < -0.39 is 0 Å². The molecule has 1 unspecified atom stereocenters. The highest BCUT2D eigenvalue weighted by Gasteiger charge is 2.24. The van der Waals surface area contributed by atoms with Crippen LogP contribution in [-0.4, -0.2) is 22.4 Å². The molecule has 0 aliphatic carbocycles. The van der Waals surface area contributed by atoms with Crippen molar-refractivity contribution in [2.45, 2.75) is 38.5 Å². The number of hydrogen-bond donors (Lipinski definition) is 1. The van der Waals surface area contributed by atoms with Crippen LogP contribution in [0.3, 0.4) is 0 Å². The topological polar surface area (TPSA) is 39.1 Å². The predicted molar refractivity (Wildman–Crippen MR) is 104 cm³/mol. The van der Waals surface area contributed by atoms with Crippen LogP contribution in [0.1, 0.15) is 31.4 Å². The molecule has 0 spiro atoms. The van der Waals surface area contributed by atoms with Gasteiger partial charge in [-0.05, 0) is 37.4 Å². The normalized spacial score (nSPS) is 18.0. The van der Waals surface area contributed by atoms with E-state index in [0.29, 0.717) is 24.6 Å². The van der Waals surface area contributed by atoms with E-state index in [1.807, 2.05) is 24.3 Å². The molecule has 2 aromatic carbocycles. The number of hydrogen-bond acceptors (Lipinski definition) is 3. The number of ether oxygens (including phenoxy) is 1. The highest BCUT2D eigenvalue weighted by atomic mass is 16.5. The molecule has 1 fully saturated rings. The Kier molecular flexibility index (Phi) is 5.02. The van der Waals surface area contributed by atoms with E-state index in [9.17, 15) is 0 Å². The fourth-order valence-electron chi connectivity index (χ4n) is 3.54. The lowest BCUT2D eigenvalue weighted by Gasteiger charge is -2.19. The highest BCUT2D eigenvalue weighted by Crippen LogP contribution is 2.31. The summed E-state index contributed by atoms with van der Waals surface area (Å²) in [5.74, 6) is 0.699. The Balaban J connectivity index is 1.61. The SMILES string of the molecule is CC([C@H]1CCCN1)n1cc(-c2ccccc2)c(OCc2ccccc2)n1. The van der Waals surface area contributed by atoms with Crippen LogP contribution in [0.2, 0.25) is 0 Å². The molecule has 2 atom stereocenters. The molecule has 1 aliphatic rings. The monoisotopic (exact) mass is 347 g/mol. The number of benzene rings is 2. The van der Waals surface area contributed by atoms with Crippen molar-refractivity contribution < 1.29 is 4.74 Å². The summed E-state index contributed by atoms with van der Waals surface area (Å²) in [5, 5.41) is 8.38. The Morgan fingerprint density at radius 2 is 1.85 bits per heavy atom. The quantitative estimate of drug-likeness (QED) is 0.716. The molecule has 4 nitrogen and oxygen atoms in total.